The topological polar surface area (TPSA) is 139 Å². The van der Waals surface area contributed by atoms with Crippen molar-refractivity contribution in [2.45, 2.75) is 31.2 Å². The van der Waals surface area contributed by atoms with Gasteiger partial charge >= 0.3 is 5.97 Å². The number of aromatic amines is 1. The number of H-pyrrole nitrogens is 1. The van der Waals surface area contributed by atoms with Crippen LogP contribution in [0.2, 0.25) is 0 Å². The van der Waals surface area contributed by atoms with Crippen LogP contribution in [0.15, 0.2) is 9.82 Å². The minimum Gasteiger partial charge on any atom is -0.481 e. The number of nitrogens with zero attached hydrogens (tertiary/aromatic N) is 6. The molecule has 0 aromatic carbocycles. The number of rotatable bonds is 3. The van der Waals surface area contributed by atoms with Crippen LogP contribution in [0.25, 0.3) is 16.7 Å². The van der Waals surface area contributed by atoms with Crippen molar-refractivity contribution in [1.82, 2.24) is 35.2 Å². The van der Waals surface area contributed by atoms with E-state index in [1.807, 2.05) is 20.8 Å². The number of aliphatic carboxylic acids is 1. The lowest BCUT2D eigenvalue weighted by Crippen LogP contribution is -2.30. The summed E-state index contributed by atoms with van der Waals surface area (Å²) in [6, 6.07) is 0. The first-order valence-corrected chi connectivity index (χ1v) is 7.63. The van der Waals surface area contributed by atoms with Gasteiger partial charge in [-0.2, -0.15) is 4.52 Å². The van der Waals surface area contributed by atoms with Crippen molar-refractivity contribution in [3.05, 3.63) is 16.0 Å². The summed E-state index contributed by atoms with van der Waals surface area (Å²) in [5.41, 5.74) is 0.0449. The lowest BCUT2D eigenvalue weighted by atomic mass is 9.93. The maximum atomic E-state index is 12.6. The molecule has 0 aliphatic heterocycles. The molecular weight excluding hydrogens is 322 g/mol. The monoisotopic (exact) mass is 335 g/mol. The zero-order valence-corrected chi connectivity index (χ0v) is 13.4. The maximum absolute atomic E-state index is 12.6. The summed E-state index contributed by atoms with van der Waals surface area (Å²) >= 11 is 0.977. The fourth-order valence-electron chi connectivity index (χ4n) is 2.05. The summed E-state index contributed by atoms with van der Waals surface area (Å²) in [6.45, 7) is 5.59. The number of hydrogen-bond donors (Lipinski definition) is 2. The highest BCUT2D eigenvalue weighted by molar-refractivity contribution is 8.00. The Morgan fingerprint density at radius 3 is 2.65 bits per heavy atom. The van der Waals surface area contributed by atoms with Gasteiger partial charge in [-0.05, 0) is 5.21 Å². The Bertz CT molecular complexity index is 972. The van der Waals surface area contributed by atoms with Gasteiger partial charge in [-0.1, -0.05) is 32.5 Å². The van der Waals surface area contributed by atoms with Crippen LogP contribution in [0.4, 0.5) is 0 Å². The van der Waals surface area contributed by atoms with E-state index < -0.39 is 11.4 Å². The molecule has 0 bridgehead atoms. The molecule has 3 aromatic rings. The molecule has 0 amide bonds. The van der Waals surface area contributed by atoms with Crippen LogP contribution in [0.3, 0.4) is 0 Å². The molecule has 0 fully saturated rings. The van der Waals surface area contributed by atoms with Gasteiger partial charge in [-0.25, -0.2) is 0 Å². The molecule has 3 heterocycles. The average molecular weight is 335 g/mol. The number of carbonyl (C=O) groups is 1. The van der Waals surface area contributed by atoms with Crippen molar-refractivity contribution in [3.63, 3.8) is 0 Å². The Morgan fingerprint density at radius 2 is 2.00 bits per heavy atom. The van der Waals surface area contributed by atoms with E-state index in [1.165, 1.54) is 4.52 Å². The van der Waals surface area contributed by atoms with E-state index >= 15 is 0 Å². The molecule has 3 aromatic heterocycles. The van der Waals surface area contributed by atoms with Crippen LogP contribution in [-0.4, -0.2) is 52.1 Å². The fraction of sp³-hybridized carbons (Fsp3) is 0.417. The lowest BCUT2D eigenvalue weighted by molar-refractivity contribution is -0.133. The van der Waals surface area contributed by atoms with Crippen LogP contribution in [0.5, 0.6) is 0 Å². The van der Waals surface area contributed by atoms with E-state index in [0.717, 1.165) is 11.8 Å². The van der Waals surface area contributed by atoms with Crippen molar-refractivity contribution >= 4 is 34.4 Å². The highest BCUT2D eigenvalue weighted by Gasteiger charge is 2.24. The molecular formula is C12H13N7O3S. The van der Waals surface area contributed by atoms with E-state index in [4.69, 9.17) is 5.11 Å². The van der Waals surface area contributed by atoms with Crippen LogP contribution in [-0.2, 0) is 10.2 Å². The standard InChI is InChI=1S/C12H13N7O3S/c1-12(2,3)7-11(22)19-9(15-13-7)6-8(17-19)14-18-16-10(6)23-4-5(20)21/h4H2,1-3H3,(H,20,21)(H,14,16,17). The Kier molecular flexibility index (Phi) is 3.51. The molecule has 0 unspecified atom stereocenters. The molecule has 0 radical (unpaired) electrons. The number of carboxylic acids is 1. The number of nitrogens with one attached hydrogen (secondary N) is 1. The van der Waals surface area contributed by atoms with Crippen LogP contribution >= 0.6 is 11.8 Å². The molecule has 0 aliphatic rings. The first-order chi connectivity index (χ1) is 10.8. The van der Waals surface area contributed by atoms with Gasteiger partial charge in [0.05, 0.1) is 5.75 Å². The zero-order chi connectivity index (χ0) is 16.8. The van der Waals surface area contributed by atoms with Gasteiger partial charge < -0.3 is 5.11 Å². The minimum atomic E-state index is -0.986. The molecule has 0 saturated heterocycles. The first-order valence-electron chi connectivity index (χ1n) is 6.64. The van der Waals surface area contributed by atoms with E-state index in [2.05, 4.69) is 30.7 Å². The fourth-order valence-corrected chi connectivity index (χ4v) is 2.74. The van der Waals surface area contributed by atoms with E-state index in [9.17, 15) is 9.59 Å². The molecule has 0 spiro atoms. The summed E-state index contributed by atoms with van der Waals surface area (Å²) in [4.78, 5) is 23.3. The van der Waals surface area contributed by atoms with Crippen molar-refractivity contribution in [3.8, 4) is 0 Å². The third-order valence-corrected chi connectivity index (χ3v) is 4.03. The van der Waals surface area contributed by atoms with E-state index in [1.54, 1.807) is 0 Å². The molecule has 120 valence electrons. The normalized spacial score (nSPS) is 12.1. The Hall–Kier alpha value is -2.56. The van der Waals surface area contributed by atoms with E-state index in [-0.39, 0.29) is 17.0 Å². The Balaban J connectivity index is 2.28. The molecule has 0 atom stereocenters. The number of hydrogen-bond acceptors (Lipinski definition) is 8. The van der Waals surface area contributed by atoms with Crippen molar-refractivity contribution in [1.29, 1.82) is 0 Å². The van der Waals surface area contributed by atoms with Gasteiger partial charge in [0.1, 0.15) is 16.1 Å². The maximum Gasteiger partial charge on any atom is 0.313 e. The smallest absolute Gasteiger partial charge is 0.313 e. The summed E-state index contributed by atoms with van der Waals surface area (Å²) in [5.74, 6) is -1.18. The zero-order valence-electron chi connectivity index (χ0n) is 12.6. The van der Waals surface area contributed by atoms with Gasteiger partial charge in [0.15, 0.2) is 11.3 Å². The number of fused-ring (bicyclic) bond motifs is 3. The predicted octanol–water partition coefficient (Wildman–Crippen LogP) is 0.230. The van der Waals surface area contributed by atoms with Gasteiger partial charge in [0.2, 0.25) is 0 Å². The second kappa shape index (κ2) is 5.26. The summed E-state index contributed by atoms with van der Waals surface area (Å²) in [6.07, 6.45) is 0. The van der Waals surface area contributed by atoms with Gasteiger partial charge in [-0.3, -0.25) is 14.7 Å². The van der Waals surface area contributed by atoms with Crippen molar-refractivity contribution in [2.75, 3.05) is 5.75 Å². The molecule has 0 aliphatic carbocycles. The largest absolute Gasteiger partial charge is 0.481 e. The van der Waals surface area contributed by atoms with Crippen LogP contribution in [0, 0.1) is 0 Å². The van der Waals surface area contributed by atoms with Crippen molar-refractivity contribution < 1.29 is 9.90 Å². The molecule has 0 saturated carbocycles. The average Bonchev–Trinajstić information content (AvgIpc) is 2.84. The number of aromatic nitrogens is 7. The van der Waals surface area contributed by atoms with Crippen LogP contribution < -0.4 is 5.56 Å². The quantitative estimate of drug-likeness (QED) is 0.644. The summed E-state index contributed by atoms with van der Waals surface area (Å²) in [7, 11) is 0. The molecule has 10 nitrogen and oxygen atoms in total. The molecule has 3 rings (SSSR count). The van der Waals surface area contributed by atoms with Gasteiger partial charge in [0, 0.05) is 5.41 Å². The third-order valence-electron chi connectivity index (χ3n) is 3.08. The van der Waals surface area contributed by atoms with Crippen molar-refractivity contribution in [2.24, 2.45) is 0 Å². The highest BCUT2D eigenvalue weighted by Crippen LogP contribution is 2.26. The number of thioether (sulfide) groups is 1. The third kappa shape index (κ3) is 2.63. The second-order valence-corrected chi connectivity index (χ2v) is 6.84. The number of carboxylic acid groups (broad SMARTS) is 1. The van der Waals surface area contributed by atoms with Gasteiger partial charge in [-0.15, -0.1) is 20.4 Å². The lowest BCUT2D eigenvalue weighted by Gasteiger charge is -2.15. The first kappa shape index (κ1) is 15.3. The molecule has 2 N–H and O–H groups in total. The molecule has 23 heavy (non-hydrogen) atoms. The summed E-state index contributed by atoms with van der Waals surface area (Å²) < 4.78 is 1.24. The van der Waals surface area contributed by atoms with E-state index in [0.29, 0.717) is 21.8 Å². The van der Waals surface area contributed by atoms with Gasteiger partial charge in [0.25, 0.3) is 5.56 Å². The van der Waals surface area contributed by atoms with Crippen LogP contribution in [0.1, 0.15) is 26.5 Å². The SMILES string of the molecule is CC(C)(C)c1nnc2c3c(SCC(=O)O)nnnc3[nH]n2c1=O. The Labute approximate surface area is 133 Å². The Morgan fingerprint density at radius 1 is 1.26 bits per heavy atom. The second-order valence-electron chi connectivity index (χ2n) is 5.88. The highest BCUT2D eigenvalue weighted by atomic mass is 32.2. The minimum absolute atomic E-state index is 0.192. The summed E-state index contributed by atoms with van der Waals surface area (Å²) in [5, 5.41) is 31.8. The molecule has 11 heteroatoms. The predicted molar refractivity (Wildman–Crippen MR) is 81.6 cm³/mol.